The van der Waals surface area contributed by atoms with Gasteiger partial charge in [0.05, 0.1) is 26.2 Å². The van der Waals surface area contributed by atoms with Crippen LogP contribution >= 0.6 is 9.12 Å². The van der Waals surface area contributed by atoms with Crippen LogP contribution in [0, 0.1) is 0 Å². The Kier molecular flexibility index (Phi) is 16.2. The molecule has 0 bridgehead atoms. The van der Waals surface area contributed by atoms with Crippen LogP contribution in [-0.4, -0.2) is 142 Å². The smallest absolute Gasteiger partial charge is 0.317 e. The van der Waals surface area contributed by atoms with Crippen molar-refractivity contribution >= 4 is 33.0 Å². The van der Waals surface area contributed by atoms with Crippen molar-refractivity contribution in [3.8, 4) is 0 Å². The van der Waals surface area contributed by atoms with Crippen molar-refractivity contribution in [1.29, 1.82) is 0 Å². The summed E-state index contributed by atoms with van der Waals surface area (Å²) in [4.78, 5) is 51.5. The Balaban J connectivity index is 0.00000466. The third kappa shape index (κ3) is 15.6. The van der Waals surface area contributed by atoms with Gasteiger partial charge in [-0.25, -0.2) is 0 Å². The van der Waals surface area contributed by atoms with Gasteiger partial charge in [-0.2, -0.15) is 0 Å². The second-order valence-corrected chi connectivity index (χ2v) is 7.39. The summed E-state index contributed by atoms with van der Waals surface area (Å²) in [7, 11) is 1.72. The van der Waals surface area contributed by atoms with Crippen LogP contribution in [0.25, 0.3) is 0 Å². The van der Waals surface area contributed by atoms with Crippen molar-refractivity contribution in [2.24, 2.45) is 0 Å². The Morgan fingerprint density at radius 2 is 0.656 bits per heavy atom. The van der Waals surface area contributed by atoms with Crippen molar-refractivity contribution in [1.82, 2.24) is 19.6 Å². The molecule has 0 aromatic carbocycles. The highest BCUT2D eigenvalue weighted by Crippen LogP contribution is 2.03. The zero-order valence-electron chi connectivity index (χ0n) is 18.0. The van der Waals surface area contributed by atoms with E-state index in [-0.39, 0.29) is 26.2 Å². The van der Waals surface area contributed by atoms with Gasteiger partial charge < -0.3 is 20.4 Å². The van der Waals surface area contributed by atoms with Gasteiger partial charge >= 0.3 is 23.9 Å². The lowest BCUT2D eigenvalue weighted by atomic mass is 10.2. The van der Waals surface area contributed by atoms with Crippen LogP contribution in [0.15, 0.2) is 0 Å². The van der Waals surface area contributed by atoms with Gasteiger partial charge in [-0.1, -0.05) is 0 Å². The maximum absolute atomic E-state index is 11.1. The van der Waals surface area contributed by atoms with Gasteiger partial charge in [-0.3, -0.25) is 43.3 Å². The first-order chi connectivity index (χ1) is 15.2. The zero-order chi connectivity index (χ0) is 24.5. The second kappa shape index (κ2) is 17.4. The third-order valence-electron chi connectivity index (χ3n) is 4.80. The van der Waals surface area contributed by atoms with E-state index in [0.29, 0.717) is 65.2 Å². The van der Waals surface area contributed by atoms with Crippen LogP contribution in [0.2, 0.25) is 0 Å². The number of rotatable bonds is 8. The Morgan fingerprint density at radius 3 is 0.812 bits per heavy atom. The molecule has 14 heteroatoms. The van der Waals surface area contributed by atoms with Crippen LogP contribution < -0.4 is 0 Å². The van der Waals surface area contributed by atoms with Gasteiger partial charge in [0.2, 0.25) is 0 Å². The molecule has 1 saturated heterocycles. The molecule has 1 heterocycles. The van der Waals surface area contributed by atoms with E-state index in [9.17, 15) is 19.2 Å². The van der Waals surface area contributed by atoms with Crippen LogP contribution in [0.5, 0.6) is 0 Å². The molecule has 1 aliphatic heterocycles. The monoisotopic (exact) mass is 480 g/mol. The molecule has 0 amide bonds. The van der Waals surface area contributed by atoms with Crippen LogP contribution in [-0.2, 0) is 23.7 Å². The lowest BCUT2D eigenvalue weighted by Crippen LogP contribution is -2.44. The Bertz CT molecular complexity index is 513. The van der Waals surface area contributed by atoms with Gasteiger partial charge in [0, 0.05) is 52.4 Å². The molecule has 0 aromatic rings. The summed E-state index contributed by atoms with van der Waals surface area (Å²) in [5.41, 5.74) is 0. The van der Waals surface area contributed by atoms with Crippen molar-refractivity contribution in [3.05, 3.63) is 0 Å². The normalized spacial score (nSPS) is 18.6. The maximum atomic E-state index is 11.1. The van der Waals surface area contributed by atoms with Crippen molar-refractivity contribution in [2.45, 2.75) is 12.8 Å². The second-order valence-electron chi connectivity index (χ2n) is 7.39. The number of hydrogen-bond acceptors (Lipinski definition) is 9. The minimum atomic E-state index is -0.979. The molecule has 1 fully saturated rings. The average molecular weight is 480 g/mol. The highest BCUT2D eigenvalue weighted by molar-refractivity contribution is 7.00. The fourth-order valence-electron chi connectivity index (χ4n) is 3.45. The van der Waals surface area contributed by atoms with Crippen molar-refractivity contribution < 1.29 is 44.2 Å². The summed E-state index contributed by atoms with van der Waals surface area (Å²) in [5, 5.41) is 36.5. The number of aliphatic carboxylic acids is 4. The van der Waals surface area contributed by atoms with Crippen molar-refractivity contribution in [2.75, 3.05) is 78.5 Å². The summed E-state index contributed by atoms with van der Waals surface area (Å²) in [5.74, 6) is -3.92. The molecule has 0 spiro atoms. The predicted octanol–water partition coefficient (Wildman–Crippen LogP) is -1.20. The number of hydrogen-bond donors (Lipinski definition) is 4. The third-order valence-corrected chi connectivity index (χ3v) is 4.80. The van der Waals surface area contributed by atoms with Crippen LogP contribution in [0.4, 0.5) is 0 Å². The lowest BCUT2D eigenvalue weighted by molar-refractivity contribution is -0.140. The summed E-state index contributed by atoms with van der Waals surface area (Å²) in [6.45, 7) is 2.52. The molecule has 1 rings (SSSR count). The molecular formula is C18H33N4O9P. The van der Waals surface area contributed by atoms with E-state index in [1.165, 1.54) is 0 Å². The Hall–Kier alpha value is -2.18. The summed E-state index contributed by atoms with van der Waals surface area (Å²) in [6.07, 6.45) is 1.08. The van der Waals surface area contributed by atoms with E-state index in [1.54, 1.807) is 28.7 Å². The molecule has 13 nitrogen and oxygen atoms in total. The Labute approximate surface area is 188 Å². The molecule has 0 atom stereocenters. The Morgan fingerprint density at radius 1 is 0.469 bits per heavy atom. The largest absolute Gasteiger partial charge is 0.480 e. The number of carbonyl (C=O) groups is 4. The van der Waals surface area contributed by atoms with Gasteiger partial charge in [-0.05, 0) is 12.8 Å². The molecule has 4 N–H and O–H groups in total. The van der Waals surface area contributed by atoms with E-state index >= 15 is 0 Å². The van der Waals surface area contributed by atoms with Crippen LogP contribution in [0.1, 0.15) is 12.8 Å². The molecular weight excluding hydrogens is 447 g/mol. The first kappa shape index (κ1) is 29.8. The maximum Gasteiger partial charge on any atom is 0.317 e. The van der Waals surface area contributed by atoms with Gasteiger partial charge in [0.1, 0.15) is 9.12 Å². The van der Waals surface area contributed by atoms with E-state index < -0.39 is 23.9 Å². The summed E-state index contributed by atoms with van der Waals surface area (Å²) < 4.78 is 8.06. The zero-order valence-corrected chi connectivity index (χ0v) is 19.0. The highest BCUT2D eigenvalue weighted by atomic mass is 31.0. The first-order valence-corrected chi connectivity index (χ1v) is 10.5. The average Bonchev–Trinajstić information content (AvgIpc) is 2.68. The molecule has 0 aliphatic carbocycles. The summed E-state index contributed by atoms with van der Waals surface area (Å²) >= 11 is 0. The van der Waals surface area contributed by atoms with Crippen molar-refractivity contribution in [3.63, 3.8) is 0 Å². The van der Waals surface area contributed by atoms with Gasteiger partial charge in [0.25, 0.3) is 0 Å². The molecule has 1 aliphatic rings. The lowest BCUT2D eigenvalue weighted by Gasteiger charge is -2.30. The standard InChI is InChI=1S/C18H32N4O8.HOP/c23-15(24)11-19-3-1-4-20(12-16(25)26)8-10-22(14-18(29)30)6-2-5-21(9-7-19)13-17(27)28;1-2/h1-14H2,(H,23,24)(H,25,26)(H,27,28)(H,29,30);2H. The molecule has 0 unspecified atom stereocenters. The van der Waals surface area contributed by atoms with E-state index in [1.807, 2.05) is 0 Å². The van der Waals surface area contributed by atoms with Crippen LogP contribution in [0.3, 0.4) is 0 Å². The molecule has 0 saturated carbocycles. The predicted molar refractivity (Wildman–Crippen MR) is 115 cm³/mol. The summed E-state index contributed by atoms with van der Waals surface area (Å²) in [6, 6.07) is 0. The minimum Gasteiger partial charge on any atom is -0.480 e. The minimum absolute atomic E-state index is 0.174. The van der Waals surface area contributed by atoms with E-state index in [4.69, 9.17) is 25.0 Å². The number of nitrogens with zero attached hydrogens (tertiary/aromatic N) is 4. The number of carboxylic acid groups (broad SMARTS) is 4. The molecule has 184 valence electrons. The molecule has 32 heavy (non-hydrogen) atoms. The highest BCUT2D eigenvalue weighted by Gasteiger charge is 2.18. The molecule has 0 aromatic heterocycles. The van der Waals surface area contributed by atoms with E-state index in [0.717, 1.165) is 0 Å². The fourth-order valence-corrected chi connectivity index (χ4v) is 3.45. The SMILES string of the molecule is O=C(O)CN1CCCN(CC(=O)O)CCN(CC(=O)O)CCCN(CC(=O)O)CC1.O=P. The van der Waals surface area contributed by atoms with Gasteiger partial charge in [-0.15, -0.1) is 0 Å². The number of carboxylic acids is 4. The quantitative estimate of drug-likeness (QED) is 0.305. The fraction of sp³-hybridized carbons (Fsp3) is 0.778. The molecule has 0 radical (unpaired) electrons. The van der Waals surface area contributed by atoms with Gasteiger partial charge in [0.15, 0.2) is 0 Å². The van der Waals surface area contributed by atoms with E-state index in [2.05, 4.69) is 0 Å². The first-order valence-electron chi connectivity index (χ1n) is 10.1. The topological polar surface area (TPSA) is 179 Å².